The van der Waals surface area contributed by atoms with E-state index in [1.807, 2.05) is 10.3 Å². The highest BCUT2D eigenvalue weighted by molar-refractivity contribution is 7.80. The lowest BCUT2D eigenvalue weighted by atomic mass is 10.1. The Bertz CT molecular complexity index is 333. The van der Waals surface area contributed by atoms with Crippen LogP contribution in [-0.2, 0) is 0 Å². The van der Waals surface area contributed by atoms with Crippen LogP contribution in [0.4, 0.5) is 5.00 Å². The Morgan fingerprint density at radius 2 is 1.85 bits per heavy atom. The topological polar surface area (TPSA) is 3.24 Å². The number of piperidine rings is 1. The number of nitrogens with zero attached hydrogens (tertiary/aromatic N) is 1. The van der Waals surface area contributed by atoms with Gasteiger partial charge in [0, 0.05) is 18.7 Å². The summed E-state index contributed by atoms with van der Waals surface area (Å²) >= 11 is 5.25. The van der Waals surface area contributed by atoms with Crippen LogP contribution in [0.1, 0.15) is 24.8 Å². The summed E-state index contributed by atoms with van der Waals surface area (Å²) in [5.74, 6) is 0. The molecule has 0 unspecified atom stereocenters. The molecule has 1 fully saturated rings. The third-order valence-corrected chi connectivity index (χ3v) is 5.83. The second-order valence-electron chi connectivity index (χ2n) is 3.43. The van der Waals surface area contributed by atoms with Gasteiger partial charge in [0.25, 0.3) is 0 Å². The van der Waals surface area contributed by atoms with Crippen molar-refractivity contribution in [3.63, 3.8) is 0 Å². The second kappa shape index (κ2) is 4.07. The number of hydrogen-bond donors (Lipinski definition) is 0. The Morgan fingerprint density at radius 1 is 1.15 bits per heavy atom. The zero-order valence-electron chi connectivity index (χ0n) is 7.71. The third kappa shape index (κ3) is 1.95. The molecular formula is C9H13NS3. The molecule has 1 aliphatic rings. The van der Waals surface area contributed by atoms with E-state index in [9.17, 15) is 0 Å². The highest BCUT2D eigenvalue weighted by Crippen LogP contribution is 2.34. The number of rotatable bonds is 1. The van der Waals surface area contributed by atoms with E-state index in [1.165, 1.54) is 42.9 Å². The van der Waals surface area contributed by atoms with Crippen molar-refractivity contribution in [2.75, 3.05) is 18.0 Å². The van der Waals surface area contributed by atoms with Gasteiger partial charge in [0.15, 0.2) is 0 Å². The Kier molecular flexibility index (Phi) is 3.01. The molecule has 1 aromatic rings. The first-order chi connectivity index (χ1) is 6.29. The van der Waals surface area contributed by atoms with Crippen LogP contribution in [-0.4, -0.2) is 13.1 Å². The molecule has 0 spiro atoms. The standard InChI is InChI=1S/C9H13NS3/c1-7-8(12-13-9(7)11)10-5-3-2-4-6-10/h2-6H2,1H3. The highest BCUT2D eigenvalue weighted by atomic mass is 32.9. The van der Waals surface area contributed by atoms with E-state index < -0.39 is 0 Å². The maximum atomic E-state index is 5.25. The Hall–Kier alpha value is 0.0700. The van der Waals surface area contributed by atoms with Crippen molar-refractivity contribution < 1.29 is 0 Å². The van der Waals surface area contributed by atoms with Crippen molar-refractivity contribution >= 4 is 37.9 Å². The molecule has 0 radical (unpaired) electrons. The van der Waals surface area contributed by atoms with Gasteiger partial charge in [0.1, 0.15) is 8.82 Å². The maximum Gasteiger partial charge on any atom is 0.107 e. The van der Waals surface area contributed by atoms with Gasteiger partial charge >= 0.3 is 0 Å². The van der Waals surface area contributed by atoms with Crippen LogP contribution in [0.5, 0.6) is 0 Å². The molecule has 0 bridgehead atoms. The van der Waals surface area contributed by atoms with Gasteiger partial charge in [-0.25, -0.2) is 0 Å². The van der Waals surface area contributed by atoms with Crippen molar-refractivity contribution in [3.8, 4) is 0 Å². The summed E-state index contributed by atoms with van der Waals surface area (Å²) in [6.07, 6.45) is 4.08. The molecule has 2 rings (SSSR count). The summed E-state index contributed by atoms with van der Waals surface area (Å²) in [6, 6.07) is 0. The van der Waals surface area contributed by atoms with Crippen molar-refractivity contribution in [1.29, 1.82) is 0 Å². The number of anilines is 1. The molecule has 1 saturated heterocycles. The van der Waals surface area contributed by atoms with Crippen LogP contribution in [0.2, 0.25) is 0 Å². The molecule has 0 amide bonds. The van der Waals surface area contributed by atoms with Crippen molar-refractivity contribution in [1.82, 2.24) is 0 Å². The minimum Gasteiger partial charge on any atom is -0.363 e. The van der Waals surface area contributed by atoms with Crippen LogP contribution >= 0.6 is 32.9 Å². The summed E-state index contributed by atoms with van der Waals surface area (Å²) in [4.78, 5) is 2.50. The molecule has 0 saturated carbocycles. The van der Waals surface area contributed by atoms with Crippen LogP contribution in [0.15, 0.2) is 0 Å². The first kappa shape index (κ1) is 9.62. The summed E-state index contributed by atoms with van der Waals surface area (Å²) in [5, 5.41) is 1.43. The van der Waals surface area contributed by atoms with E-state index in [1.54, 1.807) is 10.3 Å². The van der Waals surface area contributed by atoms with E-state index in [2.05, 4.69) is 11.8 Å². The predicted molar refractivity (Wildman–Crippen MR) is 63.8 cm³/mol. The Morgan fingerprint density at radius 3 is 2.38 bits per heavy atom. The van der Waals surface area contributed by atoms with Gasteiger partial charge in [-0.3, -0.25) is 0 Å². The summed E-state index contributed by atoms with van der Waals surface area (Å²) in [6.45, 7) is 4.60. The van der Waals surface area contributed by atoms with E-state index >= 15 is 0 Å². The zero-order valence-corrected chi connectivity index (χ0v) is 10.2. The molecular weight excluding hydrogens is 218 g/mol. The van der Waals surface area contributed by atoms with Crippen molar-refractivity contribution in [2.24, 2.45) is 0 Å². The third-order valence-electron chi connectivity index (χ3n) is 2.47. The SMILES string of the molecule is Cc1c(N2CCCCC2)ssc1=S. The van der Waals surface area contributed by atoms with Gasteiger partial charge in [0.05, 0.1) is 0 Å². The number of hydrogen-bond acceptors (Lipinski definition) is 4. The molecule has 13 heavy (non-hydrogen) atoms. The van der Waals surface area contributed by atoms with E-state index in [0.717, 1.165) is 3.82 Å². The van der Waals surface area contributed by atoms with Gasteiger partial charge in [0.2, 0.25) is 0 Å². The summed E-state index contributed by atoms with van der Waals surface area (Å²) in [7, 11) is 3.59. The molecule has 0 N–H and O–H groups in total. The van der Waals surface area contributed by atoms with Crippen molar-refractivity contribution in [3.05, 3.63) is 9.39 Å². The van der Waals surface area contributed by atoms with Crippen LogP contribution < -0.4 is 4.90 Å². The predicted octanol–water partition coefficient (Wildman–Crippen LogP) is 3.84. The van der Waals surface area contributed by atoms with Crippen LogP contribution in [0.3, 0.4) is 0 Å². The lowest BCUT2D eigenvalue weighted by Gasteiger charge is -2.27. The van der Waals surface area contributed by atoms with E-state index in [-0.39, 0.29) is 0 Å². The lowest BCUT2D eigenvalue weighted by Crippen LogP contribution is -2.29. The average Bonchev–Trinajstić information content (AvgIpc) is 2.49. The minimum absolute atomic E-state index is 1.07. The van der Waals surface area contributed by atoms with Gasteiger partial charge < -0.3 is 4.90 Å². The zero-order chi connectivity index (χ0) is 9.26. The van der Waals surface area contributed by atoms with Gasteiger partial charge in [-0.15, -0.1) is 0 Å². The molecule has 0 aromatic carbocycles. The largest absolute Gasteiger partial charge is 0.363 e. The Labute approximate surface area is 91.4 Å². The van der Waals surface area contributed by atoms with Gasteiger partial charge in [-0.2, -0.15) is 0 Å². The molecule has 1 aliphatic heterocycles. The summed E-state index contributed by atoms with van der Waals surface area (Å²) in [5.41, 5.74) is 1.33. The Balaban J connectivity index is 2.23. The highest BCUT2D eigenvalue weighted by Gasteiger charge is 2.15. The molecule has 4 heteroatoms. The molecule has 0 aliphatic carbocycles. The van der Waals surface area contributed by atoms with Gasteiger partial charge in [-0.1, -0.05) is 32.9 Å². The van der Waals surface area contributed by atoms with E-state index in [4.69, 9.17) is 12.2 Å². The fourth-order valence-corrected chi connectivity index (χ4v) is 4.63. The molecule has 1 aromatic heterocycles. The normalized spacial score (nSPS) is 17.8. The second-order valence-corrected chi connectivity index (χ2v) is 6.23. The molecule has 1 nitrogen and oxygen atoms in total. The smallest absolute Gasteiger partial charge is 0.107 e. The first-order valence-corrected chi connectivity index (χ1v) is 7.19. The van der Waals surface area contributed by atoms with Crippen LogP contribution in [0, 0.1) is 10.7 Å². The maximum absolute atomic E-state index is 5.25. The fraction of sp³-hybridized carbons (Fsp3) is 0.667. The van der Waals surface area contributed by atoms with Crippen LogP contribution in [0.25, 0.3) is 0 Å². The minimum atomic E-state index is 1.07. The monoisotopic (exact) mass is 231 g/mol. The van der Waals surface area contributed by atoms with Crippen molar-refractivity contribution in [2.45, 2.75) is 26.2 Å². The fourth-order valence-electron chi connectivity index (χ4n) is 1.68. The van der Waals surface area contributed by atoms with E-state index in [0.29, 0.717) is 0 Å². The first-order valence-electron chi connectivity index (χ1n) is 4.64. The molecule has 0 atom stereocenters. The average molecular weight is 231 g/mol. The quantitative estimate of drug-likeness (QED) is 0.534. The van der Waals surface area contributed by atoms with Gasteiger partial charge in [-0.05, 0) is 26.2 Å². The lowest BCUT2D eigenvalue weighted by molar-refractivity contribution is 0.580. The summed E-state index contributed by atoms with van der Waals surface area (Å²) < 4.78 is 1.07. The molecule has 72 valence electrons. The molecule has 2 heterocycles.